The minimum Gasteiger partial charge on any atom is -0.497 e. The fourth-order valence-electron chi connectivity index (χ4n) is 1.77. The SMILES string of the molecule is CCNCCC(C)(C)c1cccc(OC)c1. The Kier molecular flexibility index (Phi) is 4.81. The van der Waals surface area contributed by atoms with Crippen molar-refractivity contribution in [3.05, 3.63) is 29.8 Å². The van der Waals surface area contributed by atoms with E-state index in [-0.39, 0.29) is 5.41 Å². The van der Waals surface area contributed by atoms with Gasteiger partial charge in [-0.25, -0.2) is 0 Å². The zero-order valence-electron chi connectivity index (χ0n) is 10.8. The molecule has 0 heterocycles. The third-order valence-electron chi connectivity index (χ3n) is 3.03. The van der Waals surface area contributed by atoms with Crippen LogP contribution in [0.1, 0.15) is 32.8 Å². The molecule has 16 heavy (non-hydrogen) atoms. The highest BCUT2D eigenvalue weighted by molar-refractivity contribution is 5.33. The lowest BCUT2D eigenvalue weighted by molar-refractivity contribution is 0.409. The minimum atomic E-state index is 0.191. The Balaban J connectivity index is 2.72. The van der Waals surface area contributed by atoms with Gasteiger partial charge in [-0.3, -0.25) is 0 Å². The number of methoxy groups -OCH3 is 1. The van der Waals surface area contributed by atoms with Crippen LogP contribution in [0.2, 0.25) is 0 Å². The summed E-state index contributed by atoms with van der Waals surface area (Å²) < 4.78 is 5.26. The van der Waals surface area contributed by atoms with Crippen molar-refractivity contribution in [3.63, 3.8) is 0 Å². The lowest BCUT2D eigenvalue weighted by Crippen LogP contribution is -2.25. The molecule has 1 aromatic carbocycles. The molecule has 1 aromatic rings. The van der Waals surface area contributed by atoms with Crippen LogP contribution in [0.3, 0.4) is 0 Å². The number of hydrogen-bond acceptors (Lipinski definition) is 2. The van der Waals surface area contributed by atoms with E-state index < -0.39 is 0 Å². The van der Waals surface area contributed by atoms with Gasteiger partial charge in [-0.15, -0.1) is 0 Å². The first-order valence-electron chi connectivity index (χ1n) is 5.95. The number of nitrogens with one attached hydrogen (secondary N) is 1. The molecule has 0 fully saturated rings. The van der Waals surface area contributed by atoms with E-state index in [0.29, 0.717) is 0 Å². The Hall–Kier alpha value is -1.02. The quantitative estimate of drug-likeness (QED) is 0.746. The maximum atomic E-state index is 5.26. The van der Waals surface area contributed by atoms with Crippen LogP contribution in [0.15, 0.2) is 24.3 Å². The van der Waals surface area contributed by atoms with E-state index >= 15 is 0 Å². The lowest BCUT2D eigenvalue weighted by atomic mass is 9.81. The van der Waals surface area contributed by atoms with Gasteiger partial charge in [0.05, 0.1) is 7.11 Å². The third-order valence-corrected chi connectivity index (χ3v) is 3.03. The monoisotopic (exact) mass is 221 g/mol. The molecule has 0 amide bonds. The molecule has 0 atom stereocenters. The van der Waals surface area contributed by atoms with Crippen molar-refractivity contribution in [1.82, 2.24) is 5.32 Å². The summed E-state index contributed by atoms with van der Waals surface area (Å²) in [6, 6.07) is 8.35. The van der Waals surface area contributed by atoms with Crippen LogP contribution >= 0.6 is 0 Å². The van der Waals surface area contributed by atoms with E-state index in [9.17, 15) is 0 Å². The molecular formula is C14H23NO. The van der Waals surface area contributed by atoms with Crippen molar-refractivity contribution in [1.29, 1.82) is 0 Å². The summed E-state index contributed by atoms with van der Waals surface area (Å²) >= 11 is 0. The van der Waals surface area contributed by atoms with Crippen LogP contribution in [0.4, 0.5) is 0 Å². The first-order chi connectivity index (χ1) is 7.60. The van der Waals surface area contributed by atoms with Crippen molar-refractivity contribution in [3.8, 4) is 5.75 Å². The van der Waals surface area contributed by atoms with Crippen LogP contribution < -0.4 is 10.1 Å². The highest BCUT2D eigenvalue weighted by Crippen LogP contribution is 2.28. The first kappa shape index (κ1) is 13.0. The summed E-state index contributed by atoms with van der Waals surface area (Å²) in [4.78, 5) is 0. The molecule has 0 aliphatic carbocycles. The molecule has 0 aliphatic rings. The van der Waals surface area contributed by atoms with E-state index in [2.05, 4.69) is 44.3 Å². The second kappa shape index (κ2) is 5.90. The highest BCUT2D eigenvalue weighted by atomic mass is 16.5. The first-order valence-corrected chi connectivity index (χ1v) is 5.95. The molecule has 0 saturated heterocycles. The van der Waals surface area contributed by atoms with Gasteiger partial charge in [0.2, 0.25) is 0 Å². The van der Waals surface area contributed by atoms with Gasteiger partial charge in [0.15, 0.2) is 0 Å². The van der Waals surface area contributed by atoms with E-state index in [1.165, 1.54) is 5.56 Å². The Labute approximate surface area is 99.0 Å². The molecule has 1 rings (SSSR count). The van der Waals surface area contributed by atoms with E-state index in [1.807, 2.05) is 6.07 Å². The molecule has 0 saturated carbocycles. The number of benzene rings is 1. The number of hydrogen-bond donors (Lipinski definition) is 1. The van der Waals surface area contributed by atoms with Gasteiger partial charge >= 0.3 is 0 Å². The molecule has 90 valence electrons. The zero-order valence-corrected chi connectivity index (χ0v) is 10.8. The van der Waals surface area contributed by atoms with Gasteiger partial charge in [0.1, 0.15) is 5.75 Å². The Morgan fingerprint density at radius 2 is 2.06 bits per heavy atom. The summed E-state index contributed by atoms with van der Waals surface area (Å²) in [5.74, 6) is 0.939. The summed E-state index contributed by atoms with van der Waals surface area (Å²) in [6.45, 7) is 8.78. The third kappa shape index (κ3) is 3.53. The van der Waals surface area contributed by atoms with Crippen molar-refractivity contribution in [2.24, 2.45) is 0 Å². The van der Waals surface area contributed by atoms with Crippen LogP contribution in [0.5, 0.6) is 5.75 Å². The van der Waals surface area contributed by atoms with E-state index in [4.69, 9.17) is 4.74 Å². The maximum absolute atomic E-state index is 5.26. The van der Waals surface area contributed by atoms with Crippen molar-refractivity contribution < 1.29 is 4.74 Å². The van der Waals surface area contributed by atoms with Gasteiger partial charge in [-0.05, 0) is 42.6 Å². The van der Waals surface area contributed by atoms with Crippen molar-refractivity contribution >= 4 is 0 Å². The van der Waals surface area contributed by atoms with Gasteiger partial charge in [-0.1, -0.05) is 32.9 Å². The topological polar surface area (TPSA) is 21.3 Å². The van der Waals surface area contributed by atoms with Gasteiger partial charge in [-0.2, -0.15) is 0 Å². The zero-order chi connectivity index (χ0) is 12.0. The predicted octanol–water partition coefficient (Wildman–Crippen LogP) is 2.97. The molecular weight excluding hydrogens is 198 g/mol. The van der Waals surface area contributed by atoms with Gasteiger partial charge in [0.25, 0.3) is 0 Å². The molecule has 0 bridgehead atoms. The summed E-state index contributed by atoms with van der Waals surface area (Å²) in [7, 11) is 1.71. The molecule has 0 unspecified atom stereocenters. The average Bonchev–Trinajstić information content (AvgIpc) is 2.29. The largest absolute Gasteiger partial charge is 0.497 e. The molecule has 2 heteroatoms. The van der Waals surface area contributed by atoms with Gasteiger partial charge in [0, 0.05) is 0 Å². The highest BCUT2D eigenvalue weighted by Gasteiger charge is 2.20. The van der Waals surface area contributed by atoms with Crippen molar-refractivity contribution in [2.45, 2.75) is 32.6 Å². The number of ether oxygens (including phenoxy) is 1. The average molecular weight is 221 g/mol. The second-order valence-corrected chi connectivity index (χ2v) is 4.72. The Morgan fingerprint density at radius 3 is 2.69 bits per heavy atom. The molecule has 0 spiro atoms. The minimum absolute atomic E-state index is 0.191. The summed E-state index contributed by atoms with van der Waals surface area (Å²) in [6.07, 6.45) is 1.13. The lowest BCUT2D eigenvalue weighted by Gasteiger charge is -2.25. The molecule has 0 aliphatic heterocycles. The van der Waals surface area contributed by atoms with E-state index in [1.54, 1.807) is 7.11 Å². The van der Waals surface area contributed by atoms with Crippen LogP contribution in [0, 0.1) is 0 Å². The van der Waals surface area contributed by atoms with Crippen LogP contribution in [0.25, 0.3) is 0 Å². The standard InChI is InChI=1S/C14H23NO/c1-5-15-10-9-14(2,3)12-7-6-8-13(11-12)16-4/h6-8,11,15H,5,9-10H2,1-4H3. The Bertz CT molecular complexity index is 320. The van der Waals surface area contributed by atoms with E-state index in [0.717, 1.165) is 25.3 Å². The molecule has 0 radical (unpaired) electrons. The normalized spacial score (nSPS) is 11.5. The molecule has 2 nitrogen and oxygen atoms in total. The Morgan fingerprint density at radius 1 is 1.31 bits per heavy atom. The predicted molar refractivity (Wildman–Crippen MR) is 69.2 cm³/mol. The smallest absolute Gasteiger partial charge is 0.119 e. The summed E-state index contributed by atoms with van der Waals surface area (Å²) in [5, 5.41) is 3.37. The fraction of sp³-hybridized carbons (Fsp3) is 0.571. The van der Waals surface area contributed by atoms with Gasteiger partial charge < -0.3 is 10.1 Å². The fourth-order valence-corrected chi connectivity index (χ4v) is 1.77. The van der Waals surface area contributed by atoms with Crippen LogP contribution in [-0.4, -0.2) is 20.2 Å². The second-order valence-electron chi connectivity index (χ2n) is 4.72. The van der Waals surface area contributed by atoms with Crippen molar-refractivity contribution in [2.75, 3.05) is 20.2 Å². The summed E-state index contributed by atoms with van der Waals surface area (Å²) in [5.41, 5.74) is 1.53. The maximum Gasteiger partial charge on any atom is 0.119 e. The number of rotatable bonds is 6. The van der Waals surface area contributed by atoms with Crippen LogP contribution in [-0.2, 0) is 5.41 Å². The molecule has 0 aromatic heterocycles. The molecule has 1 N–H and O–H groups in total.